The third-order valence-corrected chi connectivity index (χ3v) is 2.64. The average molecular weight is 251 g/mol. The molecule has 100 valence electrons. The van der Waals surface area contributed by atoms with E-state index in [-0.39, 0.29) is 23.8 Å². The minimum absolute atomic E-state index is 0.0363. The number of rotatable bonds is 5. The van der Waals surface area contributed by atoms with Crippen molar-refractivity contribution < 1.29 is 15.0 Å². The number of hydrogen-bond donors (Lipinski definition) is 3. The molecule has 3 N–H and O–H groups in total. The Morgan fingerprint density at radius 1 is 1.39 bits per heavy atom. The fraction of sp³-hybridized carbons (Fsp3) is 0.500. The summed E-state index contributed by atoms with van der Waals surface area (Å²) in [6.07, 6.45) is 0.0849. The molecule has 1 amide bonds. The van der Waals surface area contributed by atoms with Crippen molar-refractivity contribution in [1.29, 1.82) is 0 Å². The number of carbonyl (C=O) groups is 1. The number of aryl methyl sites for hydroxylation is 1. The molecule has 0 fully saturated rings. The van der Waals surface area contributed by atoms with Crippen LogP contribution in [-0.2, 0) is 0 Å². The van der Waals surface area contributed by atoms with Crippen LogP contribution in [0.15, 0.2) is 18.2 Å². The Kier molecular flexibility index (Phi) is 5.16. The van der Waals surface area contributed by atoms with Gasteiger partial charge in [-0.3, -0.25) is 4.79 Å². The standard InChI is InChI=1S/C14H21NO3/c1-9(2)6-11(16)8-15-14(18)12-5-4-10(3)7-13(12)17/h4-5,7,9,11,16-17H,6,8H2,1-3H3,(H,15,18). The van der Waals surface area contributed by atoms with Crippen LogP contribution in [0.5, 0.6) is 5.75 Å². The maximum atomic E-state index is 11.8. The summed E-state index contributed by atoms with van der Waals surface area (Å²) in [7, 11) is 0. The van der Waals surface area contributed by atoms with E-state index in [1.54, 1.807) is 18.2 Å². The maximum absolute atomic E-state index is 11.8. The Bertz CT molecular complexity index is 416. The number of hydrogen-bond acceptors (Lipinski definition) is 3. The van der Waals surface area contributed by atoms with E-state index < -0.39 is 6.10 Å². The first kappa shape index (κ1) is 14.5. The number of aromatic hydroxyl groups is 1. The zero-order chi connectivity index (χ0) is 13.7. The smallest absolute Gasteiger partial charge is 0.255 e. The lowest BCUT2D eigenvalue weighted by molar-refractivity contribution is 0.0897. The van der Waals surface area contributed by atoms with Gasteiger partial charge < -0.3 is 15.5 Å². The van der Waals surface area contributed by atoms with Gasteiger partial charge in [-0.1, -0.05) is 19.9 Å². The number of amides is 1. The van der Waals surface area contributed by atoms with Crippen molar-refractivity contribution in [1.82, 2.24) is 5.32 Å². The second kappa shape index (κ2) is 6.40. The molecule has 0 heterocycles. The molecule has 0 aromatic heterocycles. The Morgan fingerprint density at radius 3 is 2.61 bits per heavy atom. The van der Waals surface area contributed by atoms with E-state index in [4.69, 9.17) is 0 Å². The first-order valence-electron chi connectivity index (χ1n) is 6.16. The van der Waals surface area contributed by atoms with E-state index in [0.29, 0.717) is 12.3 Å². The average Bonchev–Trinajstić information content (AvgIpc) is 2.25. The van der Waals surface area contributed by atoms with E-state index >= 15 is 0 Å². The molecule has 0 aliphatic heterocycles. The first-order valence-corrected chi connectivity index (χ1v) is 6.16. The minimum Gasteiger partial charge on any atom is -0.507 e. The van der Waals surface area contributed by atoms with Crippen LogP contribution >= 0.6 is 0 Å². The molecule has 4 nitrogen and oxygen atoms in total. The molecule has 0 radical (unpaired) electrons. The molecular weight excluding hydrogens is 230 g/mol. The zero-order valence-electron chi connectivity index (χ0n) is 11.1. The Labute approximate surface area is 108 Å². The lowest BCUT2D eigenvalue weighted by Crippen LogP contribution is -2.32. The van der Waals surface area contributed by atoms with Gasteiger partial charge in [0, 0.05) is 6.54 Å². The fourth-order valence-corrected chi connectivity index (χ4v) is 1.77. The van der Waals surface area contributed by atoms with E-state index in [1.807, 2.05) is 20.8 Å². The Hall–Kier alpha value is -1.55. The maximum Gasteiger partial charge on any atom is 0.255 e. The van der Waals surface area contributed by atoms with Crippen LogP contribution in [0.1, 0.15) is 36.2 Å². The molecular formula is C14H21NO3. The highest BCUT2D eigenvalue weighted by molar-refractivity contribution is 5.96. The lowest BCUT2D eigenvalue weighted by atomic mass is 10.1. The van der Waals surface area contributed by atoms with Crippen molar-refractivity contribution in [2.75, 3.05) is 6.54 Å². The van der Waals surface area contributed by atoms with Gasteiger partial charge in [0.05, 0.1) is 11.7 Å². The lowest BCUT2D eigenvalue weighted by Gasteiger charge is -2.14. The summed E-state index contributed by atoms with van der Waals surface area (Å²) >= 11 is 0. The molecule has 0 aliphatic carbocycles. The van der Waals surface area contributed by atoms with Crippen molar-refractivity contribution in [2.24, 2.45) is 5.92 Å². The topological polar surface area (TPSA) is 69.6 Å². The van der Waals surface area contributed by atoms with Crippen molar-refractivity contribution in [3.8, 4) is 5.75 Å². The third-order valence-electron chi connectivity index (χ3n) is 2.64. The normalized spacial score (nSPS) is 12.5. The van der Waals surface area contributed by atoms with Gasteiger partial charge >= 0.3 is 0 Å². The summed E-state index contributed by atoms with van der Waals surface area (Å²) < 4.78 is 0. The highest BCUT2D eigenvalue weighted by Gasteiger charge is 2.13. The predicted octanol–water partition coefficient (Wildman–Crippen LogP) is 1.84. The van der Waals surface area contributed by atoms with Gasteiger partial charge in [-0.05, 0) is 37.0 Å². The van der Waals surface area contributed by atoms with Crippen molar-refractivity contribution >= 4 is 5.91 Å². The van der Waals surface area contributed by atoms with E-state index in [1.165, 1.54) is 0 Å². The summed E-state index contributed by atoms with van der Waals surface area (Å²) in [4.78, 5) is 11.8. The quantitative estimate of drug-likeness (QED) is 0.748. The molecule has 1 atom stereocenters. The van der Waals surface area contributed by atoms with Gasteiger partial charge in [-0.15, -0.1) is 0 Å². The number of nitrogens with one attached hydrogen (secondary N) is 1. The van der Waals surface area contributed by atoms with Crippen molar-refractivity contribution in [3.63, 3.8) is 0 Å². The second-order valence-electron chi connectivity index (χ2n) is 5.01. The van der Waals surface area contributed by atoms with Crippen LogP contribution in [-0.4, -0.2) is 28.8 Å². The van der Waals surface area contributed by atoms with Crippen LogP contribution in [0, 0.1) is 12.8 Å². The van der Waals surface area contributed by atoms with Gasteiger partial charge in [-0.25, -0.2) is 0 Å². The minimum atomic E-state index is -0.554. The van der Waals surface area contributed by atoms with Crippen LogP contribution in [0.4, 0.5) is 0 Å². The molecule has 0 bridgehead atoms. The zero-order valence-corrected chi connectivity index (χ0v) is 11.1. The van der Waals surface area contributed by atoms with Crippen molar-refractivity contribution in [2.45, 2.75) is 33.3 Å². The van der Waals surface area contributed by atoms with Crippen molar-refractivity contribution in [3.05, 3.63) is 29.3 Å². The molecule has 0 spiro atoms. The Morgan fingerprint density at radius 2 is 2.06 bits per heavy atom. The van der Waals surface area contributed by atoms with E-state index in [9.17, 15) is 15.0 Å². The van der Waals surface area contributed by atoms with Crippen LogP contribution in [0.25, 0.3) is 0 Å². The molecule has 4 heteroatoms. The number of aliphatic hydroxyl groups excluding tert-OH is 1. The largest absolute Gasteiger partial charge is 0.507 e. The summed E-state index contributed by atoms with van der Waals surface area (Å²) in [5.41, 5.74) is 1.13. The fourth-order valence-electron chi connectivity index (χ4n) is 1.77. The summed E-state index contributed by atoms with van der Waals surface area (Å²) in [5, 5.41) is 21.9. The SMILES string of the molecule is Cc1ccc(C(=O)NCC(O)CC(C)C)c(O)c1. The number of phenolic OH excluding ortho intramolecular Hbond substituents is 1. The van der Waals surface area contributed by atoms with Gasteiger partial charge in [0.25, 0.3) is 5.91 Å². The van der Waals surface area contributed by atoms with Gasteiger partial charge in [0.15, 0.2) is 0 Å². The van der Waals surface area contributed by atoms with Crippen LogP contribution in [0.3, 0.4) is 0 Å². The molecule has 0 saturated carbocycles. The van der Waals surface area contributed by atoms with Gasteiger partial charge in [0.2, 0.25) is 0 Å². The molecule has 1 unspecified atom stereocenters. The molecule has 0 aliphatic rings. The summed E-state index contributed by atoms with van der Waals surface area (Å²) in [6.45, 7) is 6.06. The second-order valence-corrected chi connectivity index (χ2v) is 5.01. The van der Waals surface area contributed by atoms with Crippen LogP contribution in [0.2, 0.25) is 0 Å². The highest BCUT2D eigenvalue weighted by atomic mass is 16.3. The number of carbonyl (C=O) groups excluding carboxylic acids is 1. The Balaban J connectivity index is 2.55. The third kappa shape index (κ3) is 4.37. The summed E-state index contributed by atoms with van der Waals surface area (Å²) in [5.74, 6) is -0.0224. The molecule has 0 saturated heterocycles. The molecule has 18 heavy (non-hydrogen) atoms. The van der Waals surface area contributed by atoms with Crippen LogP contribution < -0.4 is 5.32 Å². The molecule has 1 aromatic carbocycles. The van der Waals surface area contributed by atoms with Gasteiger partial charge in [-0.2, -0.15) is 0 Å². The number of benzene rings is 1. The monoisotopic (exact) mass is 251 g/mol. The molecule has 1 rings (SSSR count). The van der Waals surface area contributed by atoms with E-state index in [2.05, 4.69) is 5.32 Å². The number of phenols is 1. The van der Waals surface area contributed by atoms with Gasteiger partial charge in [0.1, 0.15) is 5.75 Å². The number of aliphatic hydroxyl groups is 1. The first-order chi connectivity index (χ1) is 8.40. The predicted molar refractivity (Wildman–Crippen MR) is 70.6 cm³/mol. The highest BCUT2D eigenvalue weighted by Crippen LogP contribution is 2.18. The summed E-state index contributed by atoms with van der Waals surface area (Å²) in [6, 6.07) is 4.88. The molecule has 1 aromatic rings. The van der Waals surface area contributed by atoms with E-state index in [0.717, 1.165) is 5.56 Å².